The third kappa shape index (κ3) is 6.16. The Morgan fingerprint density at radius 2 is 0.792 bits per heavy atom. The number of fused-ring (bicyclic) bond motifs is 2. The van der Waals surface area contributed by atoms with Crippen molar-refractivity contribution in [3.63, 3.8) is 0 Å². The van der Waals surface area contributed by atoms with Gasteiger partial charge in [-0.1, -0.05) is 143 Å². The monoisotopic (exact) mass is 647 g/mol. The first-order valence-corrected chi connectivity index (χ1v) is 17.6. The second-order valence-electron chi connectivity index (χ2n) is 12.2. The Bertz CT molecular complexity index is 1870. The fourth-order valence-electron chi connectivity index (χ4n) is 6.95. The summed E-state index contributed by atoms with van der Waals surface area (Å²) >= 11 is 0. The highest BCUT2D eigenvalue weighted by Crippen LogP contribution is 2.46. The van der Waals surface area contributed by atoms with Crippen LogP contribution in [0.15, 0.2) is 158 Å². The number of benzene rings is 6. The molecule has 0 fully saturated rings. The van der Waals surface area contributed by atoms with Crippen LogP contribution in [-0.2, 0) is 26.5 Å². The fourth-order valence-corrected chi connectivity index (χ4v) is 7.78. The Hall–Kier alpha value is -5.06. The summed E-state index contributed by atoms with van der Waals surface area (Å²) in [5, 5.41) is 0. The van der Waals surface area contributed by atoms with Gasteiger partial charge in [-0.2, -0.15) is 0 Å². The molecule has 6 aromatic carbocycles. The molecular formula is C42H36N2O3P+. The molecule has 0 saturated heterocycles. The summed E-state index contributed by atoms with van der Waals surface area (Å²) in [6.07, 6.45) is 0.630. The minimum Gasteiger partial charge on any atom is -0.338 e. The number of anilines is 2. The first-order chi connectivity index (χ1) is 23.7. The maximum atomic E-state index is 14.1. The lowest BCUT2D eigenvalue weighted by Crippen LogP contribution is -2.37. The third-order valence-corrected chi connectivity index (χ3v) is 10.2. The summed E-state index contributed by atoms with van der Waals surface area (Å²) in [5.74, 6) is 0. The van der Waals surface area contributed by atoms with E-state index < -0.39 is 20.7 Å². The molecule has 0 N–H and O–H groups in total. The average Bonchev–Trinajstić information content (AvgIpc) is 3.16. The van der Waals surface area contributed by atoms with E-state index in [1.165, 1.54) is 22.3 Å². The van der Waals surface area contributed by atoms with Gasteiger partial charge in [0.1, 0.15) is 0 Å². The van der Waals surface area contributed by atoms with Crippen LogP contribution in [0.5, 0.6) is 0 Å². The molecule has 0 aromatic heterocycles. The van der Waals surface area contributed by atoms with Crippen molar-refractivity contribution >= 4 is 19.6 Å². The smallest absolute Gasteiger partial charge is 0.338 e. The van der Waals surface area contributed by atoms with Gasteiger partial charge in [0.05, 0.1) is 0 Å². The standard InChI is InChI=1S/C42H36N2O3P/c45-48(46-41-39-17-9-7-15-35(39)27-29-43(41)37-23-19-33(20-24-37)31-11-3-1-4-12-31)47-42-40-18-10-8-16-36(40)28-30-44(42)38-25-21-34(22-26-38)32-13-5-2-6-14-32/h1-26,41-42H,27-30H2/q+1/t41-,42-/m0/s1. The molecule has 2 aliphatic heterocycles. The molecule has 2 aliphatic rings. The highest BCUT2D eigenvalue weighted by molar-refractivity contribution is 7.33. The Kier molecular flexibility index (Phi) is 8.57. The Balaban J connectivity index is 1.07. The van der Waals surface area contributed by atoms with E-state index in [2.05, 4.69) is 143 Å². The highest BCUT2D eigenvalue weighted by atomic mass is 31.1. The largest absolute Gasteiger partial charge is 0.702 e. The van der Waals surface area contributed by atoms with Gasteiger partial charge in [-0.05, 0) is 70.5 Å². The van der Waals surface area contributed by atoms with E-state index in [9.17, 15) is 4.57 Å². The molecule has 0 saturated carbocycles. The Labute approximate surface area is 283 Å². The van der Waals surface area contributed by atoms with Gasteiger partial charge in [0, 0.05) is 40.2 Å². The summed E-state index contributed by atoms with van der Waals surface area (Å²) in [6, 6.07) is 54.3. The predicted octanol–water partition coefficient (Wildman–Crippen LogP) is 10.5. The van der Waals surface area contributed by atoms with Crippen LogP contribution >= 0.6 is 8.25 Å². The van der Waals surface area contributed by atoms with Crippen LogP contribution in [0.4, 0.5) is 11.4 Å². The van der Waals surface area contributed by atoms with Gasteiger partial charge in [-0.3, -0.25) is 0 Å². The van der Waals surface area contributed by atoms with Gasteiger partial charge in [-0.25, -0.2) is 0 Å². The molecule has 8 rings (SSSR count). The van der Waals surface area contributed by atoms with Gasteiger partial charge in [0.25, 0.3) is 0 Å². The molecule has 0 aliphatic carbocycles. The molecule has 6 heteroatoms. The molecule has 236 valence electrons. The van der Waals surface area contributed by atoms with E-state index in [4.69, 9.17) is 9.05 Å². The third-order valence-electron chi connectivity index (χ3n) is 9.44. The van der Waals surface area contributed by atoms with Gasteiger partial charge in [0.2, 0.25) is 12.5 Å². The zero-order valence-electron chi connectivity index (χ0n) is 26.6. The minimum absolute atomic E-state index is 0.557. The summed E-state index contributed by atoms with van der Waals surface area (Å²) in [5.41, 5.74) is 11.1. The van der Waals surface area contributed by atoms with E-state index >= 15 is 0 Å². The van der Waals surface area contributed by atoms with Crippen molar-refractivity contribution < 1.29 is 13.6 Å². The minimum atomic E-state index is -2.53. The lowest BCUT2D eigenvalue weighted by Gasteiger charge is -2.36. The fraction of sp³-hybridized carbons (Fsp3) is 0.143. The van der Waals surface area contributed by atoms with Crippen molar-refractivity contribution in [1.82, 2.24) is 0 Å². The molecule has 2 atom stereocenters. The van der Waals surface area contributed by atoms with Crippen molar-refractivity contribution in [3.8, 4) is 22.3 Å². The lowest BCUT2D eigenvalue weighted by atomic mass is 9.97. The SMILES string of the molecule is O=[P+](O[C@H]1c2ccccc2CCN1c1ccc(-c2ccccc2)cc1)O[C@H]1c2ccccc2CCN1c1ccc(-c2ccccc2)cc1. The van der Waals surface area contributed by atoms with Crippen LogP contribution in [0.25, 0.3) is 22.3 Å². The van der Waals surface area contributed by atoms with Crippen LogP contribution < -0.4 is 9.80 Å². The van der Waals surface area contributed by atoms with Crippen molar-refractivity contribution in [2.45, 2.75) is 25.3 Å². The van der Waals surface area contributed by atoms with Crippen LogP contribution in [0.3, 0.4) is 0 Å². The second kappa shape index (κ2) is 13.6. The average molecular weight is 648 g/mol. The van der Waals surface area contributed by atoms with Crippen molar-refractivity contribution in [2.24, 2.45) is 0 Å². The number of rotatable bonds is 8. The maximum Gasteiger partial charge on any atom is 0.702 e. The molecule has 6 aromatic rings. The van der Waals surface area contributed by atoms with E-state index in [0.29, 0.717) is 0 Å². The Morgan fingerprint density at radius 3 is 1.21 bits per heavy atom. The molecule has 0 radical (unpaired) electrons. The van der Waals surface area contributed by atoms with Crippen LogP contribution in [0, 0.1) is 0 Å². The molecule has 48 heavy (non-hydrogen) atoms. The van der Waals surface area contributed by atoms with Crippen molar-refractivity contribution in [3.05, 3.63) is 180 Å². The molecular weight excluding hydrogens is 611 g/mol. The van der Waals surface area contributed by atoms with Crippen LogP contribution in [-0.4, -0.2) is 13.1 Å². The van der Waals surface area contributed by atoms with Gasteiger partial charge < -0.3 is 9.80 Å². The Morgan fingerprint density at radius 1 is 0.438 bits per heavy atom. The topological polar surface area (TPSA) is 42.0 Å². The quantitative estimate of drug-likeness (QED) is 0.154. The van der Waals surface area contributed by atoms with Crippen molar-refractivity contribution in [1.29, 1.82) is 0 Å². The summed E-state index contributed by atoms with van der Waals surface area (Å²) in [6.45, 7) is 1.48. The lowest BCUT2D eigenvalue weighted by molar-refractivity contribution is 0.119. The first kappa shape index (κ1) is 30.3. The molecule has 0 amide bonds. The van der Waals surface area contributed by atoms with Gasteiger partial charge in [-0.15, -0.1) is 0 Å². The molecule has 0 spiro atoms. The molecule has 0 bridgehead atoms. The van der Waals surface area contributed by atoms with E-state index in [1.54, 1.807) is 0 Å². The normalized spacial score (nSPS) is 17.0. The summed E-state index contributed by atoms with van der Waals surface area (Å²) in [4.78, 5) is 4.39. The summed E-state index contributed by atoms with van der Waals surface area (Å²) < 4.78 is 27.0. The number of hydrogen-bond acceptors (Lipinski definition) is 5. The summed E-state index contributed by atoms with van der Waals surface area (Å²) in [7, 11) is -2.53. The van der Waals surface area contributed by atoms with Crippen molar-refractivity contribution in [2.75, 3.05) is 22.9 Å². The zero-order valence-corrected chi connectivity index (χ0v) is 27.5. The molecule has 0 unspecified atom stereocenters. The van der Waals surface area contributed by atoms with Gasteiger partial charge in [0.15, 0.2) is 0 Å². The predicted molar refractivity (Wildman–Crippen MR) is 194 cm³/mol. The number of hydrogen-bond donors (Lipinski definition) is 0. The first-order valence-electron chi connectivity index (χ1n) is 16.5. The van der Waals surface area contributed by atoms with Crippen LogP contribution in [0.1, 0.15) is 34.7 Å². The van der Waals surface area contributed by atoms with E-state index in [-0.39, 0.29) is 0 Å². The van der Waals surface area contributed by atoms with E-state index in [0.717, 1.165) is 59.6 Å². The zero-order chi connectivity index (χ0) is 32.3. The number of nitrogens with zero attached hydrogens (tertiary/aromatic N) is 2. The maximum absolute atomic E-state index is 14.1. The van der Waals surface area contributed by atoms with E-state index in [1.807, 2.05) is 24.3 Å². The van der Waals surface area contributed by atoms with Crippen LogP contribution in [0.2, 0.25) is 0 Å². The van der Waals surface area contributed by atoms with Gasteiger partial charge >= 0.3 is 8.25 Å². The molecule has 2 heterocycles. The second-order valence-corrected chi connectivity index (χ2v) is 13.1. The highest BCUT2D eigenvalue weighted by Gasteiger charge is 2.42. The molecule has 5 nitrogen and oxygen atoms in total.